The zero-order valence-electron chi connectivity index (χ0n) is 14.6. The molecule has 0 N–H and O–H groups in total. The third-order valence-electron chi connectivity index (χ3n) is 3.38. The highest BCUT2D eigenvalue weighted by atomic mass is 16.7. The largest absolute Gasteiger partial charge is 0.367 e. The molecule has 134 valence electrons. The number of hydrogen-bond acceptors (Lipinski definition) is 6. The summed E-state index contributed by atoms with van der Waals surface area (Å²) < 4.78 is 11.2. The molecule has 0 spiro atoms. The third kappa shape index (κ3) is 7.21. The first-order valence-electron chi connectivity index (χ1n) is 8.30. The summed E-state index contributed by atoms with van der Waals surface area (Å²) in [5.41, 5.74) is 0.999. The van der Waals surface area contributed by atoms with Crippen molar-refractivity contribution in [3.05, 3.63) is 35.9 Å². The highest BCUT2D eigenvalue weighted by molar-refractivity contribution is 5.72. The second kappa shape index (κ2) is 11.7. The molecule has 6 nitrogen and oxygen atoms in total. The monoisotopic (exact) mass is 337 g/mol. The Morgan fingerprint density at radius 3 is 2.33 bits per heavy atom. The summed E-state index contributed by atoms with van der Waals surface area (Å²) in [5, 5.41) is 1.55. The van der Waals surface area contributed by atoms with E-state index >= 15 is 0 Å². The minimum Gasteiger partial charge on any atom is -0.367 e. The average molecular weight is 337 g/mol. The number of aldehydes is 1. The quantitative estimate of drug-likeness (QED) is 0.332. The van der Waals surface area contributed by atoms with Crippen LogP contribution in [0.2, 0.25) is 0 Å². The van der Waals surface area contributed by atoms with Gasteiger partial charge in [0.25, 0.3) is 0 Å². The highest BCUT2D eigenvalue weighted by Crippen LogP contribution is 2.16. The molecular formula is C18H27NO5. The van der Waals surface area contributed by atoms with E-state index in [4.69, 9.17) is 14.3 Å². The summed E-state index contributed by atoms with van der Waals surface area (Å²) in [6, 6.07) is 9.39. The Balaban J connectivity index is 2.84. The van der Waals surface area contributed by atoms with E-state index in [2.05, 4.69) is 0 Å². The van der Waals surface area contributed by atoms with Crippen LogP contribution >= 0.6 is 0 Å². The molecule has 0 aliphatic rings. The lowest BCUT2D eigenvalue weighted by atomic mass is 10.2. The van der Waals surface area contributed by atoms with E-state index in [1.165, 1.54) is 0 Å². The molecule has 0 aromatic heterocycles. The van der Waals surface area contributed by atoms with Gasteiger partial charge in [0, 0.05) is 19.6 Å². The molecule has 0 aliphatic carbocycles. The van der Waals surface area contributed by atoms with E-state index in [1.807, 2.05) is 51.1 Å². The van der Waals surface area contributed by atoms with E-state index < -0.39 is 12.3 Å². The van der Waals surface area contributed by atoms with Crippen LogP contribution in [0.25, 0.3) is 0 Å². The van der Waals surface area contributed by atoms with Crippen LogP contribution in [0, 0.1) is 0 Å². The number of carbonyl (C=O) groups is 2. The van der Waals surface area contributed by atoms with Crippen molar-refractivity contribution in [3.63, 3.8) is 0 Å². The zero-order chi connectivity index (χ0) is 17.8. The Morgan fingerprint density at radius 1 is 1.17 bits per heavy atom. The summed E-state index contributed by atoms with van der Waals surface area (Å²) in [6.07, 6.45) is 0.389. The second-order valence-electron chi connectivity index (χ2n) is 5.25. The van der Waals surface area contributed by atoms with Crippen molar-refractivity contribution in [2.75, 3.05) is 13.2 Å². The van der Waals surface area contributed by atoms with Crippen molar-refractivity contribution in [1.82, 2.24) is 5.06 Å². The molecular weight excluding hydrogens is 310 g/mol. The Labute approximate surface area is 143 Å². The fraction of sp³-hybridized carbons (Fsp3) is 0.556. The standard InChI is InChI=1S/C18H27NO5/c1-4-22-18(23-5-2)15(3)19(24-17(21)12-9-13-20)14-16-10-7-6-8-11-16/h6-8,10-11,13,15,18H,4-5,9,12,14H2,1-3H3/t15-/m0/s1. The lowest BCUT2D eigenvalue weighted by Gasteiger charge is -2.32. The topological polar surface area (TPSA) is 65.1 Å². The van der Waals surface area contributed by atoms with Crippen LogP contribution in [0.3, 0.4) is 0 Å². The van der Waals surface area contributed by atoms with Gasteiger partial charge in [-0.25, -0.2) is 0 Å². The summed E-state index contributed by atoms with van der Waals surface area (Å²) in [4.78, 5) is 27.8. The fourth-order valence-corrected chi connectivity index (χ4v) is 2.17. The number of hydrogen-bond donors (Lipinski definition) is 0. The SMILES string of the molecule is CCOC(OCC)[C@H](C)N(Cc1ccccc1)OC(=O)CCC=O. The molecule has 0 fully saturated rings. The minimum absolute atomic E-state index is 0.0510. The minimum atomic E-state index is -0.511. The van der Waals surface area contributed by atoms with Crippen molar-refractivity contribution in [2.24, 2.45) is 0 Å². The second-order valence-corrected chi connectivity index (χ2v) is 5.25. The Morgan fingerprint density at radius 2 is 1.79 bits per heavy atom. The highest BCUT2D eigenvalue weighted by Gasteiger charge is 2.28. The van der Waals surface area contributed by atoms with Gasteiger partial charge in [-0.1, -0.05) is 30.3 Å². The normalized spacial score (nSPS) is 12.4. The summed E-state index contributed by atoms with van der Waals surface area (Å²) in [5.74, 6) is -0.448. The van der Waals surface area contributed by atoms with Crippen LogP contribution in [-0.2, 0) is 30.4 Å². The lowest BCUT2D eigenvalue weighted by molar-refractivity contribution is -0.250. The fourth-order valence-electron chi connectivity index (χ4n) is 2.17. The third-order valence-corrected chi connectivity index (χ3v) is 3.38. The van der Waals surface area contributed by atoms with Gasteiger partial charge in [-0.3, -0.25) is 4.79 Å². The molecule has 6 heteroatoms. The molecule has 0 unspecified atom stereocenters. The number of benzene rings is 1. The maximum absolute atomic E-state index is 11.9. The van der Waals surface area contributed by atoms with Crippen molar-refractivity contribution in [2.45, 2.75) is 52.5 Å². The van der Waals surface area contributed by atoms with Crippen molar-refractivity contribution < 1.29 is 23.9 Å². The van der Waals surface area contributed by atoms with Gasteiger partial charge in [-0.05, 0) is 26.3 Å². The van der Waals surface area contributed by atoms with E-state index in [-0.39, 0.29) is 18.9 Å². The van der Waals surface area contributed by atoms with Crippen molar-refractivity contribution in [3.8, 4) is 0 Å². The van der Waals surface area contributed by atoms with Gasteiger partial charge in [0.05, 0.1) is 19.0 Å². The predicted molar refractivity (Wildman–Crippen MR) is 89.9 cm³/mol. The van der Waals surface area contributed by atoms with Gasteiger partial charge in [0.1, 0.15) is 6.29 Å². The molecule has 0 aliphatic heterocycles. The number of carbonyl (C=O) groups excluding carboxylic acids is 2. The van der Waals surface area contributed by atoms with E-state index in [0.717, 1.165) is 5.56 Å². The van der Waals surface area contributed by atoms with Gasteiger partial charge in [0.2, 0.25) is 0 Å². The maximum Gasteiger partial charge on any atom is 0.325 e. The first-order valence-corrected chi connectivity index (χ1v) is 8.30. The number of rotatable bonds is 12. The number of hydroxylamine groups is 2. The Kier molecular flexibility index (Phi) is 9.91. The molecule has 1 aromatic rings. The molecule has 0 amide bonds. The molecule has 0 saturated carbocycles. The Hall–Kier alpha value is -1.76. The van der Waals surface area contributed by atoms with Gasteiger partial charge < -0.3 is 19.1 Å². The lowest BCUT2D eigenvalue weighted by Crippen LogP contribution is -2.45. The first-order chi connectivity index (χ1) is 11.6. The van der Waals surface area contributed by atoms with Gasteiger partial charge in [-0.15, -0.1) is 5.06 Å². The molecule has 0 radical (unpaired) electrons. The van der Waals surface area contributed by atoms with Crippen LogP contribution in [0.1, 0.15) is 39.2 Å². The zero-order valence-corrected chi connectivity index (χ0v) is 14.6. The molecule has 24 heavy (non-hydrogen) atoms. The van der Waals surface area contributed by atoms with Crippen molar-refractivity contribution >= 4 is 12.3 Å². The van der Waals surface area contributed by atoms with E-state index in [9.17, 15) is 9.59 Å². The van der Waals surface area contributed by atoms with Gasteiger partial charge in [0.15, 0.2) is 6.29 Å². The van der Waals surface area contributed by atoms with Gasteiger partial charge >= 0.3 is 5.97 Å². The van der Waals surface area contributed by atoms with Crippen LogP contribution in [0.15, 0.2) is 30.3 Å². The van der Waals surface area contributed by atoms with Crippen LogP contribution in [-0.4, -0.2) is 42.9 Å². The molecule has 1 aromatic carbocycles. The average Bonchev–Trinajstić information content (AvgIpc) is 2.59. The molecule has 1 atom stereocenters. The summed E-state index contributed by atoms with van der Waals surface area (Å²) >= 11 is 0. The molecule has 0 saturated heterocycles. The van der Waals surface area contributed by atoms with Crippen LogP contribution in [0.5, 0.6) is 0 Å². The van der Waals surface area contributed by atoms with Gasteiger partial charge in [-0.2, -0.15) is 0 Å². The Bertz CT molecular complexity index is 474. The number of ether oxygens (including phenoxy) is 2. The number of nitrogens with zero attached hydrogens (tertiary/aromatic N) is 1. The maximum atomic E-state index is 11.9. The summed E-state index contributed by atoms with van der Waals surface area (Å²) in [6.45, 7) is 7.05. The molecule has 1 rings (SSSR count). The molecule has 0 bridgehead atoms. The van der Waals surface area contributed by atoms with Crippen LogP contribution < -0.4 is 0 Å². The van der Waals surface area contributed by atoms with E-state index in [1.54, 1.807) is 5.06 Å². The van der Waals surface area contributed by atoms with E-state index in [0.29, 0.717) is 26.0 Å². The predicted octanol–water partition coefficient (Wildman–Crippen LogP) is 2.71. The summed E-state index contributed by atoms with van der Waals surface area (Å²) in [7, 11) is 0. The van der Waals surface area contributed by atoms with Crippen LogP contribution in [0.4, 0.5) is 0 Å². The molecule has 0 heterocycles. The first kappa shape index (κ1) is 20.3. The smallest absolute Gasteiger partial charge is 0.325 e. The van der Waals surface area contributed by atoms with Crippen molar-refractivity contribution in [1.29, 1.82) is 0 Å².